The zero-order valence-corrected chi connectivity index (χ0v) is 12.7. The van der Waals surface area contributed by atoms with Crippen molar-refractivity contribution >= 4 is 29.0 Å². The summed E-state index contributed by atoms with van der Waals surface area (Å²) in [5.41, 5.74) is 0. The zero-order valence-electron chi connectivity index (χ0n) is 11.2. The smallest absolute Gasteiger partial charge is 0.315 e. The first-order chi connectivity index (χ1) is 9.63. The molecular weight excluding hydrogens is 296 g/mol. The number of amides is 2. The van der Waals surface area contributed by atoms with Gasteiger partial charge in [-0.15, -0.1) is 11.3 Å². The molecular formula is C13H17ClN4OS. The summed E-state index contributed by atoms with van der Waals surface area (Å²) in [5, 5.41) is 9.81. The second-order valence-corrected chi connectivity index (χ2v) is 6.28. The minimum absolute atomic E-state index is 0.0195. The Morgan fingerprint density at radius 1 is 1.55 bits per heavy atom. The molecule has 0 aliphatic rings. The van der Waals surface area contributed by atoms with Gasteiger partial charge in [0.1, 0.15) is 0 Å². The lowest BCUT2D eigenvalue weighted by Gasteiger charge is -2.14. The van der Waals surface area contributed by atoms with Gasteiger partial charge in [-0.25, -0.2) is 4.79 Å². The van der Waals surface area contributed by atoms with E-state index in [0.717, 1.165) is 10.8 Å². The van der Waals surface area contributed by atoms with Gasteiger partial charge in [-0.1, -0.05) is 11.6 Å². The van der Waals surface area contributed by atoms with Crippen molar-refractivity contribution in [3.8, 4) is 0 Å². The average molecular weight is 313 g/mol. The molecule has 0 unspecified atom stereocenters. The maximum atomic E-state index is 11.7. The first kappa shape index (κ1) is 14.9. The fourth-order valence-electron chi connectivity index (χ4n) is 1.79. The number of carbonyl (C=O) groups is 1. The van der Waals surface area contributed by atoms with Crippen molar-refractivity contribution in [2.24, 2.45) is 0 Å². The van der Waals surface area contributed by atoms with Crippen molar-refractivity contribution < 1.29 is 4.79 Å². The number of nitrogens with zero attached hydrogens (tertiary/aromatic N) is 2. The van der Waals surface area contributed by atoms with Crippen molar-refractivity contribution in [2.45, 2.75) is 25.9 Å². The van der Waals surface area contributed by atoms with Crippen LogP contribution < -0.4 is 10.6 Å². The normalized spacial score (nSPS) is 12.1. The van der Waals surface area contributed by atoms with Crippen molar-refractivity contribution in [1.29, 1.82) is 0 Å². The van der Waals surface area contributed by atoms with Crippen LogP contribution in [-0.4, -0.2) is 28.4 Å². The van der Waals surface area contributed by atoms with E-state index in [1.165, 1.54) is 16.2 Å². The minimum atomic E-state index is -0.160. The quantitative estimate of drug-likeness (QED) is 0.861. The Labute approximate surface area is 126 Å². The zero-order chi connectivity index (χ0) is 14.4. The van der Waals surface area contributed by atoms with Crippen LogP contribution in [0.15, 0.2) is 30.6 Å². The first-order valence-corrected chi connectivity index (χ1v) is 7.59. The lowest BCUT2D eigenvalue weighted by molar-refractivity contribution is 0.236. The molecule has 7 heteroatoms. The standard InChI is InChI=1S/C13H17ClN4OS/c1-10(9-18-8-2-6-16-18)17-13(19)15-7-5-11-3-4-12(14)20-11/h2-4,6,8,10H,5,7,9H2,1H3,(H2,15,17,19)/t10-/m1/s1. The van der Waals surface area contributed by atoms with E-state index in [2.05, 4.69) is 15.7 Å². The highest BCUT2D eigenvalue weighted by Gasteiger charge is 2.07. The average Bonchev–Trinajstić information content (AvgIpc) is 3.01. The van der Waals surface area contributed by atoms with Gasteiger partial charge in [0.05, 0.1) is 10.9 Å². The molecule has 20 heavy (non-hydrogen) atoms. The lowest BCUT2D eigenvalue weighted by Crippen LogP contribution is -2.43. The fraction of sp³-hybridized carbons (Fsp3) is 0.385. The first-order valence-electron chi connectivity index (χ1n) is 6.39. The number of nitrogens with one attached hydrogen (secondary N) is 2. The van der Waals surface area contributed by atoms with Gasteiger partial charge in [0.15, 0.2) is 0 Å². The third kappa shape index (κ3) is 4.86. The van der Waals surface area contributed by atoms with Gasteiger partial charge in [0.25, 0.3) is 0 Å². The van der Waals surface area contributed by atoms with Crippen molar-refractivity contribution in [1.82, 2.24) is 20.4 Å². The van der Waals surface area contributed by atoms with Crippen molar-refractivity contribution in [2.75, 3.05) is 6.54 Å². The second kappa shape index (κ2) is 7.31. The molecule has 2 aromatic rings. The van der Waals surface area contributed by atoms with Gasteiger partial charge in [-0.3, -0.25) is 4.68 Å². The molecule has 0 fully saturated rings. The summed E-state index contributed by atoms with van der Waals surface area (Å²) in [5.74, 6) is 0. The van der Waals surface area contributed by atoms with Crippen LogP contribution in [0.3, 0.4) is 0 Å². The van der Waals surface area contributed by atoms with Gasteiger partial charge in [0, 0.05) is 29.9 Å². The Hall–Kier alpha value is -1.53. The number of carbonyl (C=O) groups excluding carboxylic acids is 1. The molecule has 2 amide bonds. The number of urea groups is 1. The molecule has 0 saturated heterocycles. The number of halogens is 1. The molecule has 2 rings (SSSR count). The van der Waals surface area contributed by atoms with Crippen molar-refractivity contribution in [3.05, 3.63) is 39.8 Å². The Kier molecular flexibility index (Phi) is 5.43. The van der Waals surface area contributed by atoms with Crippen LogP contribution >= 0.6 is 22.9 Å². The number of hydrogen-bond acceptors (Lipinski definition) is 3. The summed E-state index contributed by atoms with van der Waals surface area (Å²) < 4.78 is 2.57. The molecule has 0 bridgehead atoms. The maximum Gasteiger partial charge on any atom is 0.315 e. The SMILES string of the molecule is C[C@H](Cn1cccn1)NC(=O)NCCc1ccc(Cl)s1. The summed E-state index contributed by atoms with van der Waals surface area (Å²) >= 11 is 7.39. The van der Waals surface area contributed by atoms with Gasteiger partial charge in [0.2, 0.25) is 0 Å². The summed E-state index contributed by atoms with van der Waals surface area (Å²) in [6, 6.07) is 5.57. The van der Waals surface area contributed by atoms with Crippen LogP contribution in [0.25, 0.3) is 0 Å². The Bertz CT molecular complexity index is 540. The monoisotopic (exact) mass is 312 g/mol. The third-order valence-electron chi connectivity index (χ3n) is 2.68. The lowest BCUT2D eigenvalue weighted by atomic mass is 10.3. The topological polar surface area (TPSA) is 59.0 Å². The molecule has 2 N–H and O–H groups in total. The van der Waals surface area contributed by atoms with Crippen LogP contribution in [0, 0.1) is 0 Å². The van der Waals surface area contributed by atoms with Gasteiger partial charge in [-0.05, 0) is 31.5 Å². The Balaban J connectivity index is 1.64. The molecule has 2 aromatic heterocycles. The molecule has 108 valence electrons. The van der Waals surface area contributed by atoms with E-state index in [9.17, 15) is 4.79 Å². The molecule has 0 saturated carbocycles. The summed E-state index contributed by atoms with van der Waals surface area (Å²) in [6.45, 7) is 3.19. The predicted octanol–water partition coefficient (Wildman–Crippen LogP) is 2.53. The highest BCUT2D eigenvalue weighted by molar-refractivity contribution is 7.16. The van der Waals surface area contributed by atoms with E-state index >= 15 is 0 Å². The van der Waals surface area contributed by atoms with Crippen molar-refractivity contribution in [3.63, 3.8) is 0 Å². The molecule has 0 aliphatic carbocycles. The summed E-state index contributed by atoms with van der Waals surface area (Å²) in [7, 11) is 0. The van der Waals surface area contributed by atoms with E-state index in [0.29, 0.717) is 13.1 Å². The molecule has 0 aromatic carbocycles. The molecule has 0 aliphatic heterocycles. The van der Waals surface area contributed by atoms with Gasteiger partial charge in [-0.2, -0.15) is 5.10 Å². The second-order valence-electron chi connectivity index (χ2n) is 4.49. The molecule has 2 heterocycles. The van der Waals surface area contributed by atoms with Crippen LogP contribution in [0.2, 0.25) is 4.34 Å². The van der Waals surface area contributed by atoms with Gasteiger partial charge >= 0.3 is 6.03 Å². The minimum Gasteiger partial charge on any atom is -0.338 e. The summed E-state index contributed by atoms with van der Waals surface area (Å²) in [4.78, 5) is 12.9. The Morgan fingerprint density at radius 2 is 2.40 bits per heavy atom. The predicted molar refractivity (Wildman–Crippen MR) is 81.3 cm³/mol. The molecule has 5 nitrogen and oxygen atoms in total. The highest BCUT2D eigenvalue weighted by Crippen LogP contribution is 2.21. The molecule has 0 radical (unpaired) electrons. The fourth-order valence-corrected chi connectivity index (χ4v) is 2.88. The van der Waals surface area contributed by atoms with E-state index in [1.54, 1.807) is 10.9 Å². The van der Waals surface area contributed by atoms with E-state index in [-0.39, 0.29) is 12.1 Å². The van der Waals surface area contributed by atoms with Gasteiger partial charge < -0.3 is 10.6 Å². The largest absolute Gasteiger partial charge is 0.338 e. The highest BCUT2D eigenvalue weighted by atomic mass is 35.5. The van der Waals surface area contributed by atoms with E-state index < -0.39 is 0 Å². The molecule has 0 spiro atoms. The Morgan fingerprint density at radius 3 is 3.05 bits per heavy atom. The number of thiophene rings is 1. The number of rotatable bonds is 6. The van der Waals surface area contributed by atoms with Crippen LogP contribution in [0.1, 0.15) is 11.8 Å². The number of aromatic nitrogens is 2. The van der Waals surface area contributed by atoms with E-state index in [4.69, 9.17) is 11.6 Å². The van der Waals surface area contributed by atoms with Crippen LogP contribution in [0.5, 0.6) is 0 Å². The number of hydrogen-bond donors (Lipinski definition) is 2. The summed E-state index contributed by atoms with van der Waals surface area (Å²) in [6.07, 6.45) is 4.38. The maximum absolute atomic E-state index is 11.7. The third-order valence-corrected chi connectivity index (χ3v) is 3.97. The van der Waals surface area contributed by atoms with Crippen LogP contribution in [0.4, 0.5) is 4.79 Å². The van der Waals surface area contributed by atoms with Crippen LogP contribution in [-0.2, 0) is 13.0 Å². The van der Waals surface area contributed by atoms with E-state index in [1.807, 2.05) is 31.3 Å². The molecule has 1 atom stereocenters.